The number of nitrogens with one attached hydrogen (secondary N) is 1. The largest absolute Gasteiger partial charge is 0.373 e. The summed E-state index contributed by atoms with van der Waals surface area (Å²) >= 11 is 0. The van der Waals surface area contributed by atoms with Gasteiger partial charge in [0.25, 0.3) is 0 Å². The molecule has 1 N–H and O–H groups in total. The Kier molecular flexibility index (Phi) is 3.45. The Morgan fingerprint density at radius 3 is 2.86 bits per heavy atom. The Morgan fingerprint density at radius 1 is 1.43 bits per heavy atom. The van der Waals surface area contributed by atoms with Gasteiger partial charge < -0.3 is 10.1 Å². The Labute approximate surface area is 87.4 Å². The fourth-order valence-electron chi connectivity index (χ4n) is 2.77. The quantitative estimate of drug-likeness (QED) is 0.731. The third-order valence-electron chi connectivity index (χ3n) is 3.60. The highest BCUT2D eigenvalue weighted by atomic mass is 16.5. The van der Waals surface area contributed by atoms with Crippen LogP contribution < -0.4 is 5.32 Å². The minimum atomic E-state index is 0.532. The van der Waals surface area contributed by atoms with Crippen molar-refractivity contribution in [2.45, 2.75) is 76.7 Å². The van der Waals surface area contributed by atoms with Crippen molar-refractivity contribution in [3.63, 3.8) is 0 Å². The third kappa shape index (κ3) is 2.29. The number of fused-ring (bicyclic) bond motifs is 2. The standard InChI is InChI=1S/C12H23NO/c1-3-4-5-9(2)13-11-8-10-6-7-12(11)14-10/h9-13H,3-8H2,1-2H3. The van der Waals surface area contributed by atoms with Crippen LogP contribution in [0.5, 0.6) is 0 Å². The molecule has 2 fully saturated rings. The minimum absolute atomic E-state index is 0.532. The lowest BCUT2D eigenvalue weighted by Crippen LogP contribution is -2.42. The van der Waals surface area contributed by atoms with Crippen LogP contribution >= 0.6 is 0 Å². The number of hydrogen-bond acceptors (Lipinski definition) is 2. The van der Waals surface area contributed by atoms with Crippen LogP contribution in [0, 0.1) is 0 Å². The maximum absolute atomic E-state index is 5.83. The molecule has 0 aromatic heterocycles. The molecule has 0 amide bonds. The lowest BCUT2D eigenvalue weighted by Gasteiger charge is -2.24. The van der Waals surface area contributed by atoms with Crippen LogP contribution in [-0.2, 0) is 4.74 Å². The number of ether oxygens (including phenoxy) is 1. The second-order valence-electron chi connectivity index (χ2n) is 4.93. The number of rotatable bonds is 5. The van der Waals surface area contributed by atoms with E-state index in [1.165, 1.54) is 38.5 Å². The smallest absolute Gasteiger partial charge is 0.0733 e. The average Bonchev–Trinajstić information content (AvgIpc) is 2.76. The van der Waals surface area contributed by atoms with Gasteiger partial charge in [0.15, 0.2) is 0 Å². The zero-order valence-corrected chi connectivity index (χ0v) is 9.46. The molecule has 2 saturated heterocycles. The van der Waals surface area contributed by atoms with Gasteiger partial charge >= 0.3 is 0 Å². The van der Waals surface area contributed by atoms with Gasteiger partial charge in [-0.15, -0.1) is 0 Å². The first-order valence-corrected chi connectivity index (χ1v) is 6.21. The van der Waals surface area contributed by atoms with E-state index in [2.05, 4.69) is 19.2 Å². The Morgan fingerprint density at radius 2 is 2.29 bits per heavy atom. The van der Waals surface area contributed by atoms with Gasteiger partial charge in [0.05, 0.1) is 12.2 Å². The lowest BCUT2D eigenvalue weighted by atomic mass is 9.94. The van der Waals surface area contributed by atoms with E-state index in [-0.39, 0.29) is 0 Å². The van der Waals surface area contributed by atoms with Crippen molar-refractivity contribution >= 4 is 0 Å². The molecule has 2 rings (SSSR count). The van der Waals surface area contributed by atoms with E-state index in [0.29, 0.717) is 24.3 Å². The molecule has 0 radical (unpaired) electrons. The summed E-state index contributed by atoms with van der Waals surface area (Å²) in [6, 6.07) is 1.32. The molecule has 0 saturated carbocycles. The SMILES string of the molecule is CCCCC(C)NC1CC2CCC1O2. The topological polar surface area (TPSA) is 21.3 Å². The van der Waals surface area contributed by atoms with Gasteiger partial charge in [0.2, 0.25) is 0 Å². The molecule has 4 unspecified atom stereocenters. The summed E-state index contributed by atoms with van der Waals surface area (Å²) in [6.07, 6.45) is 8.90. The maximum atomic E-state index is 5.83. The Bertz CT molecular complexity index is 183. The summed E-state index contributed by atoms with van der Waals surface area (Å²) in [5, 5.41) is 3.72. The van der Waals surface area contributed by atoms with E-state index in [1.54, 1.807) is 0 Å². The van der Waals surface area contributed by atoms with E-state index in [9.17, 15) is 0 Å². The van der Waals surface area contributed by atoms with Crippen LogP contribution in [0.3, 0.4) is 0 Å². The van der Waals surface area contributed by atoms with Gasteiger partial charge in [-0.1, -0.05) is 19.8 Å². The predicted molar refractivity (Wildman–Crippen MR) is 58.4 cm³/mol. The molecule has 2 aliphatic heterocycles. The predicted octanol–water partition coefficient (Wildman–Crippen LogP) is 2.47. The molecule has 82 valence electrons. The summed E-state index contributed by atoms with van der Waals surface area (Å²) in [5.41, 5.74) is 0. The van der Waals surface area contributed by atoms with Gasteiger partial charge in [-0.05, 0) is 32.6 Å². The zero-order chi connectivity index (χ0) is 9.97. The summed E-state index contributed by atoms with van der Waals surface area (Å²) in [5.74, 6) is 0. The summed E-state index contributed by atoms with van der Waals surface area (Å²) in [6.45, 7) is 4.56. The van der Waals surface area contributed by atoms with Crippen molar-refractivity contribution < 1.29 is 4.74 Å². The van der Waals surface area contributed by atoms with Crippen molar-refractivity contribution in [3.8, 4) is 0 Å². The summed E-state index contributed by atoms with van der Waals surface area (Å²) in [7, 11) is 0. The fraction of sp³-hybridized carbons (Fsp3) is 1.00. The van der Waals surface area contributed by atoms with Crippen molar-refractivity contribution in [3.05, 3.63) is 0 Å². The zero-order valence-electron chi connectivity index (χ0n) is 9.46. The molecule has 0 spiro atoms. The maximum Gasteiger partial charge on any atom is 0.0733 e. The molecule has 0 aliphatic carbocycles. The molecular weight excluding hydrogens is 174 g/mol. The van der Waals surface area contributed by atoms with Crippen LogP contribution in [0.4, 0.5) is 0 Å². The normalized spacial score (nSPS) is 37.7. The lowest BCUT2D eigenvalue weighted by molar-refractivity contribution is 0.0960. The minimum Gasteiger partial charge on any atom is -0.373 e. The highest BCUT2D eigenvalue weighted by Gasteiger charge is 2.40. The first kappa shape index (κ1) is 10.4. The van der Waals surface area contributed by atoms with E-state index in [4.69, 9.17) is 4.74 Å². The van der Waals surface area contributed by atoms with E-state index in [0.717, 1.165) is 0 Å². The number of unbranched alkanes of at least 4 members (excludes halogenated alkanes) is 1. The van der Waals surface area contributed by atoms with Crippen molar-refractivity contribution in [1.29, 1.82) is 0 Å². The number of hydrogen-bond donors (Lipinski definition) is 1. The van der Waals surface area contributed by atoms with Crippen molar-refractivity contribution in [2.75, 3.05) is 0 Å². The monoisotopic (exact) mass is 197 g/mol. The van der Waals surface area contributed by atoms with Crippen LogP contribution in [0.1, 0.15) is 52.4 Å². The first-order valence-electron chi connectivity index (χ1n) is 6.21. The van der Waals surface area contributed by atoms with Crippen LogP contribution in [-0.4, -0.2) is 24.3 Å². The molecule has 0 aromatic carbocycles. The van der Waals surface area contributed by atoms with Crippen LogP contribution in [0.25, 0.3) is 0 Å². The first-order chi connectivity index (χ1) is 6.79. The van der Waals surface area contributed by atoms with Gasteiger partial charge in [0.1, 0.15) is 0 Å². The molecule has 0 aromatic rings. The molecule has 2 heteroatoms. The van der Waals surface area contributed by atoms with E-state index in [1.807, 2.05) is 0 Å². The van der Waals surface area contributed by atoms with E-state index < -0.39 is 0 Å². The molecule has 4 atom stereocenters. The molecular formula is C12H23NO. The molecule has 2 bridgehead atoms. The highest BCUT2D eigenvalue weighted by molar-refractivity contribution is 4.94. The molecule has 2 aliphatic rings. The average molecular weight is 197 g/mol. The summed E-state index contributed by atoms with van der Waals surface area (Å²) < 4.78 is 5.83. The van der Waals surface area contributed by atoms with Crippen LogP contribution in [0.2, 0.25) is 0 Å². The van der Waals surface area contributed by atoms with Crippen LogP contribution in [0.15, 0.2) is 0 Å². The van der Waals surface area contributed by atoms with Gasteiger partial charge in [-0.3, -0.25) is 0 Å². The Balaban J connectivity index is 1.70. The molecule has 2 nitrogen and oxygen atoms in total. The van der Waals surface area contributed by atoms with Crippen molar-refractivity contribution in [2.24, 2.45) is 0 Å². The summed E-state index contributed by atoms with van der Waals surface area (Å²) in [4.78, 5) is 0. The molecule has 14 heavy (non-hydrogen) atoms. The second kappa shape index (κ2) is 4.63. The highest BCUT2D eigenvalue weighted by Crippen LogP contribution is 2.34. The van der Waals surface area contributed by atoms with Crippen molar-refractivity contribution in [1.82, 2.24) is 5.32 Å². The van der Waals surface area contributed by atoms with Gasteiger partial charge in [-0.2, -0.15) is 0 Å². The van der Waals surface area contributed by atoms with Gasteiger partial charge in [0, 0.05) is 12.1 Å². The second-order valence-corrected chi connectivity index (χ2v) is 4.93. The molecule has 2 heterocycles. The Hall–Kier alpha value is -0.0800. The third-order valence-corrected chi connectivity index (χ3v) is 3.60. The van der Waals surface area contributed by atoms with Gasteiger partial charge in [-0.25, -0.2) is 0 Å². The fourth-order valence-corrected chi connectivity index (χ4v) is 2.77. The van der Waals surface area contributed by atoms with E-state index >= 15 is 0 Å².